The summed E-state index contributed by atoms with van der Waals surface area (Å²) in [7, 11) is 0. The molecule has 4 heteroatoms. The summed E-state index contributed by atoms with van der Waals surface area (Å²) in [5.74, 6) is 0. The van der Waals surface area contributed by atoms with E-state index in [1.165, 1.54) is 0 Å². The number of nitrogens with zero attached hydrogens (tertiary/aromatic N) is 1. The van der Waals surface area contributed by atoms with E-state index in [1.54, 1.807) is 6.92 Å². The van der Waals surface area contributed by atoms with Crippen LogP contribution in [0.1, 0.15) is 6.92 Å². The van der Waals surface area contributed by atoms with Gasteiger partial charge in [0.05, 0.1) is 0 Å². The molecule has 0 bridgehead atoms. The number of hydrogen-bond donors (Lipinski definition) is 2. The van der Waals surface area contributed by atoms with Gasteiger partial charge in [-0.25, -0.2) is 0 Å². The Hall–Kier alpha value is -1.16. The fourth-order valence-corrected chi connectivity index (χ4v) is 0.369. The summed E-state index contributed by atoms with van der Waals surface area (Å²) >= 11 is 0. The third-order valence-corrected chi connectivity index (χ3v) is 0.907. The average molecular weight is 141 g/mol. The van der Waals surface area contributed by atoms with Gasteiger partial charge >= 0.3 is 0 Å². The van der Waals surface area contributed by atoms with E-state index >= 15 is 0 Å². The van der Waals surface area contributed by atoms with E-state index in [4.69, 9.17) is 11.5 Å². The van der Waals surface area contributed by atoms with Gasteiger partial charge in [0.1, 0.15) is 5.70 Å². The van der Waals surface area contributed by atoms with Crippen molar-refractivity contribution in [1.82, 2.24) is 0 Å². The van der Waals surface area contributed by atoms with Crippen molar-refractivity contribution in [3.8, 4) is 0 Å². The van der Waals surface area contributed by atoms with Crippen molar-refractivity contribution in [1.29, 1.82) is 0 Å². The third-order valence-electron chi connectivity index (χ3n) is 0.907. The van der Waals surface area contributed by atoms with Crippen LogP contribution in [0.4, 0.5) is 0 Å². The lowest BCUT2D eigenvalue weighted by molar-refractivity contribution is -0.104. The SMILES string of the molecule is C/C(CN)=N\C(C=O)=C/N. The third kappa shape index (κ3) is 2.99. The summed E-state index contributed by atoms with van der Waals surface area (Å²) in [5, 5.41) is 0. The van der Waals surface area contributed by atoms with Gasteiger partial charge in [-0.1, -0.05) is 0 Å². The predicted molar refractivity (Wildman–Crippen MR) is 40.5 cm³/mol. The van der Waals surface area contributed by atoms with Crippen molar-refractivity contribution >= 4 is 12.0 Å². The van der Waals surface area contributed by atoms with Crippen LogP contribution in [-0.4, -0.2) is 18.5 Å². The predicted octanol–water partition coefficient (Wildman–Crippen LogP) is -0.595. The van der Waals surface area contributed by atoms with Crippen LogP contribution in [-0.2, 0) is 4.79 Å². The largest absolute Gasteiger partial charge is 0.403 e. The van der Waals surface area contributed by atoms with Gasteiger partial charge in [-0.3, -0.25) is 9.79 Å². The minimum Gasteiger partial charge on any atom is -0.403 e. The summed E-state index contributed by atoms with van der Waals surface area (Å²) in [4.78, 5) is 13.9. The van der Waals surface area contributed by atoms with E-state index in [1.807, 2.05) is 0 Å². The first-order chi connectivity index (χ1) is 4.74. The molecule has 0 saturated carbocycles. The lowest BCUT2D eigenvalue weighted by Crippen LogP contribution is -2.10. The first kappa shape index (κ1) is 8.84. The van der Waals surface area contributed by atoms with Crippen molar-refractivity contribution in [2.75, 3.05) is 6.54 Å². The molecule has 4 N–H and O–H groups in total. The molecule has 0 spiro atoms. The molecule has 0 aliphatic heterocycles. The first-order valence-corrected chi connectivity index (χ1v) is 2.86. The number of hydrogen-bond acceptors (Lipinski definition) is 4. The van der Waals surface area contributed by atoms with Gasteiger partial charge < -0.3 is 11.5 Å². The topological polar surface area (TPSA) is 81.5 Å². The van der Waals surface area contributed by atoms with E-state index in [-0.39, 0.29) is 5.70 Å². The van der Waals surface area contributed by atoms with Crippen molar-refractivity contribution in [3.05, 3.63) is 11.9 Å². The number of rotatable bonds is 3. The fourth-order valence-electron chi connectivity index (χ4n) is 0.369. The maximum absolute atomic E-state index is 10.1. The van der Waals surface area contributed by atoms with Crippen LogP contribution in [0.25, 0.3) is 0 Å². The van der Waals surface area contributed by atoms with E-state index in [2.05, 4.69) is 4.99 Å². The minimum atomic E-state index is 0.211. The van der Waals surface area contributed by atoms with E-state index in [0.717, 1.165) is 6.20 Å². The Bertz CT molecular complexity index is 172. The van der Waals surface area contributed by atoms with Crippen LogP contribution in [0.15, 0.2) is 16.9 Å². The zero-order valence-electron chi connectivity index (χ0n) is 5.87. The van der Waals surface area contributed by atoms with Gasteiger partial charge in [-0.2, -0.15) is 0 Å². The molecule has 0 atom stereocenters. The molecule has 0 saturated heterocycles. The zero-order valence-corrected chi connectivity index (χ0v) is 5.87. The van der Waals surface area contributed by atoms with Crippen molar-refractivity contribution in [2.45, 2.75) is 6.92 Å². The monoisotopic (exact) mass is 141 g/mol. The van der Waals surface area contributed by atoms with Gasteiger partial charge in [-0.15, -0.1) is 0 Å². The number of aliphatic imine (C=N–C) groups is 1. The molecule has 56 valence electrons. The van der Waals surface area contributed by atoms with E-state index in [9.17, 15) is 4.79 Å². The Morgan fingerprint density at radius 1 is 1.70 bits per heavy atom. The van der Waals surface area contributed by atoms with Gasteiger partial charge in [0.2, 0.25) is 0 Å². The van der Waals surface area contributed by atoms with Crippen molar-refractivity contribution in [3.63, 3.8) is 0 Å². The standard InChI is InChI=1S/C6H11N3O/c1-5(2-7)9-6(3-8)4-10/h3-4H,2,7-8H2,1H3/b6-3-,9-5+. The average Bonchev–Trinajstić information content (AvgIpc) is 1.99. The van der Waals surface area contributed by atoms with Crippen LogP contribution in [0, 0.1) is 0 Å². The number of allylic oxidation sites excluding steroid dienone is 1. The molecule has 0 aromatic heterocycles. The van der Waals surface area contributed by atoms with Gasteiger partial charge in [-0.05, 0) is 6.92 Å². The van der Waals surface area contributed by atoms with Crippen LogP contribution in [0.2, 0.25) is 0 Å². The number of carbonyl (C=O) groups excluding carboxylic acids is 1. The lowest BCUT2D eigenvalue weighted by atomic mass is 10.4. The van der Waals surface area contributed by atoms with E-state index in [0.29, 0.717) is 18.5 Å². The summed E-state index contributed by atoms with van der Waals surface area (Å²) in [5.41, 5.74) is 11.2. The number of aldehydes is 1. The minimum absolute atomic E-state index is 0.211. The van der Waals surface area contributed by atoms with Gasteiger partial charge in [0, 0.05) is 18.5 Å². The molecule has 0 fully saturated rings. The molecule has 0 aromatic carbocycles. The van der Waals surface area contributed by atoms with Crippen molar-refractivity contribution < 1.29 is 4.79 Å². The lowest BCUT2D eigenvalue weighted by Gasteiger charge is -1.92. The molecule has 0 aromatic rings. The Balaban J connectivity index is 4.22. The second-order valence-corrected chi connectivity index (χ2v) is 1.76. The van der Waals surface area contributed by atoms with Crippen LogP contribution in [0.3, 0.4) is 0 Å². The molecular formula is C6H11N3O. The summed E-state index contributed by atoms with van der Waals surface area (Å²) < 4.78 is 0. The molecule has 0 unspecified atom stereocenters. The van der Waals surface area contributed by atoms with Gasteiger partial charge in [0.15, 0.2) is 6.29 Å². The smallest absolute Gasteiger partial charge is 0.169 e. The highest BCUT2D eigenvalue weighted by Crippen LogP contribution is 1.88. The molecule has 0 aliphatic rings. The van der Waals surface area contributed by atoms with Gasteiger partial charge in [0.25, 0.3) is 0 Å². The molecule has 0 radical (unpaired) electrons. The Kier molecular flexibility index (Phi) is 4.15. The van der Waals surface area contributed by atoms with Crippen molar-refractivity contribution in [2.24, 2.45) is 16.5 Å². The maximum atomic E-state index is 10.1. The highest BCUT2D eigenvalue weighted by Gasteiger charge is 1.89. The molecule has 0 heterocycles. The fraction of sp³-hybridized carbons (Fsp3) is 0.333. The quantitative estimate of drug-likeness (QED) is 0.313. The Morgan fingerprint density at radius 2 is 2.30 bits per heavy atom. The highest BCUT2D eigenvalue weighted by atomic mass is 16.1. The van der Waals surface area contributed by atoms with E-state index < -0.39 is 0 Å². The number of carbonyl (C=O) groups is 1. The van der Waals surface area contributed by atoms with Crippen LogP contribution >= 0.6 is 0 Å². The molecule has 0 amide bonds. The number of nitrogens with two attached hydrogens (primary N) is 2. The summed E-state index contributed by atoms with van der Waals surface area (Å²) in [6, 6.07) is 0. The second-order valence-electron chi connectivity index (χ2n) is 1.76. The molecule has 0 rings (SSSR count). The Morgan fingerprint density at radius 3 is 2.60 bits per heavy atom. The molecule has 10 heavy (non-hydrogen) atoms. The summed E-state index contributed by atoms with van der Waals surface area (Å²) in [6.07, 6.45) is 1.73. The maximum Gasteiger partial charge on any atom is 0.169 e. The summed E-state index contributed by atoms with van der Waals surface area (Å²) in [6.45, 7) is 2.07. The normalized spacial score (nSPS) is 13.4. The zero-order chi connectivity index (χ0) is 7.98. The highest BCUT2D eigenvalue weighted by molar-refractivity contribution is 5.88. The molecule has 0 aliphatic carbocycles. The molecular weight excluding hydrogens is 130 g/mol. The van der Waals surface area contributed by atoms with Crippen LogP contribution < -0.4 is 11.5 Å². The molecule has 4 nitrogen and oxygen atoms in total. The Labute approximate surface area is 59.6 Å². The second kappa shape index (κ2) is 4.69. The first-order valence-electron chi connectivity index (χ1n) is 2.86. The van der Waals surface area contributed by atoms with Crippen LogP contribution in [0.5, 0.6) is 0 Å².